The molecule has 26 heavy (non-hydrogen) atoms. The summed E-state index contributed by atoms with van der Waals surface area (Å²) in [6.07, 6.45) is 15.0. The normalized spacial score (nSPS) is 10.5. The van der Waals surface area contributed by atoms with Crippen LogP contribution in [-0.2, 0) is 14.4 Å². The Morgan fingerprint density at radius 1 is 0.615 bits per heavy atom. The second-order valence-electron chi connectivity index (χ2n) is 6.87. The van der Waals surface area contributed by atoms with Crippen LogP contribution in [-0.4, -0.2) is 36.0 Å². The van der Waals surface area contributed by atoms with Crippen LogP contribution in [0.5, 0.6) is 0 Å². The largest absolute Gasteiger partial charge is 0.480 e. The van der Waals surface area contributed by atoms with E-state index in [9.17, 15) is 14.4 Å². The van der Waals surface area contributed by atoms with E-state index in [0.717, 1.165) is 38.6 Å². The van der Waals surface area contributed by atoms with Gasteiger partial charge in [-0.05, 0) is 19.8 Å². The number of hydrogen-bond acceptors (Lipinski definition) is 3. The van der Waals surface area contributed by atoms with Crippen molar-refractivity contribution in [3.8, 4) is 0 Å². The third-order valence-corrected chi connectivity index (χ3v) is 4.37. The van der Waals surface area contributed by atoms with Crippen molar-refractivity contribution in [2.24, 2.45) is 0 Å². The molecule has 0 rings (SSSR count). The predicted molar refractivity (Wildman–Crippen MR) is 104 cm³/mol. The van der Waals surface area contributed by atoms with Gasteiger partial charge < -0.3 is 15.7 Å². The van der Waals surface area contributed by atoms with Gasteiger partial charge in [-0.3, -0.25) is 14.4 Å². The lowest BCUT2D eigenvalue weighted by Gasteiger charge is -2.04. The Morgan fingerprint density at radius 2 is 0.962 bits per heavy atom. The highest BCUT2D eigenvalue weighted by Gasteiger charge is 2.03. The first-order valence-corrected chi connectivity index (χ1v) is 10.3. The third kappa shape index (κ3) is 18.7. The maximum absolute atomic E-state index is 11.3. The number of hydrogen-bond donors (Lipinski definition) is 3. The summed E-state index contributed by atoms with van der Waals surface area (Å²) < 4.78 is 0. The molecule has 0 aliphatic heterocycles. The Morgan fingerprint density at radius 3 is 1.31 bits per heavy atom. The van der Waals surface area contributed by atoms with Gasteiger partial charge in [0.15, 0.2) is 0 Å². The van der Waals surface area contributed by atoms with Crippen molar-refractivity contribution in [3.05, 3.63) is 0 Å². The smallest absolute Gasteiger partial charge is 0.322 e. The molecule has 0 aliphatic carbocycles. The maximum Gasteiger partial charge on any atom is 0.322 e. The van der Waals surface area contributed by atoms with E-state index >= 15 is 0 Å². The Hall–Kier alpha value is -1.59. The highest BCUT2D eigenvalue weighted by molar-refractivity contribution is 5.80. The van der Waals surface area contributed by atoms with Gasteiger partial charge in [-0.1, -0.05) is 64.2 Å². The summed E-state index contributed by atoms with van der Waals surface area (Å²) in [5.41, 5.74) is 0. The zero-order chi connectivity index (χ0) is 19.5. The SMILES string of the molecule is CCNC(=O)CCCCCCCCCCCCCCC(=O)NCC(=O)O. The lowest BCUT2D eigenvalue weighted by atomic mass is 10.0. The number of carboxylic acids is 1. The van der Waals surface area contributed by atoms with Gasteiger partial charge in [0.1, 0.15) is 6.54 Å². The molecule has 0 aromatic carbocycles. The van der Waals surface area contributed by atoms with Gasteiger partial charge in [-0.2, -0.15) is 0 Å². The molecular formula is C20H38N2O4. The van der Waals surface area contributed by atoms with Crippen molar-refractivity contribution >= 4 is 17.8 Å². The minimum absolute atomic E-state index is 0.168. The van der Waals surface area contributed by atoms with E-state index in [1.54, 1.807) is 0 Å². The van der Waals surface area contributed by atoms with Gasteiger partial charge in [0.05, 0.1) is 0 Å². The maximum atomic E-state index is 11.3. The lowest BCUT2D eigenvalue weighted by molar-refractivity contribution is -0.138. The van der Waals surface area contributed by atoms with Crippen LogP contribution in [0.4, 0.5) is 0 Å². The van der Waals surface area contributed by atoms with Gasteiger partial charge in [0.25, 0.3) is 0 Å². The number of carbonyl (C=O) groups excluding carboxylic acids is 2. The van der Waals surface area contributed by atoms with Crippen LogP contribution in [0.2, 0.25) is 0 Å². The lowest BCUT2D eigenvalue weighted by Crippen LogP contribution is -2.28. The highest BCUT2D eigenvalue weighted by atomic mass is 16.4. The molecule has 0 radical (unpaired) electrons. The number of carboxylic acid groups (broad SMARTS) is 1. The average molecular weight is 371 g/mol. The summed E-state index contributed by atoms with van der Waals surface area (Å²) in [6.45, 7) is 2.38. The first-order chi connectivity index (χ1) is 12.6. The van der Waals surface area contributed by atoms with Crippen LogP contribution >= 0.6 is 0 Å². The van der Waals surface area contributed by atoms with E-state index in [1.165, 1.54) is 44.9 Å². The first-order valence-electron chi connectivity index (χ1n) is 10.3. The molecular weight excluding hydrogens is 332 g/mol. The fourth-order valence-electron chi connectivity index (χ4n) is 2.89. The van der Waals surface area contributed by atoms with Crippen molar-refractivity contribution in [3.63, 3.8) is 0 Å². The molecule has 0 saturated heterocycles. The van der Waals surface area contributed by atoms with E-state index in [1.807, 2.05) is 6.92 Å². The zero-order valence-corrected chi connectivity index (χ0v) is 16.5. The number of unbranched alkanes of at least 4 members (excludes halogenated alkanes) is 11. The van der Waals surface area contributed by atoms with Crippen LogP contribution in [0.1, 0.15) is 96.8 Å². The fraction of sp³-hybridized carbons (Fsp3) is 0.850. The number of nitrogens with one attached hydrogen (secondary N) is 2. The van der Waals surface area contributed by atoms with Gasteiger partial charge in [0, 0.05) is 19.4 Å². The topological polar surface area (TPSA) is 95.5 Å². The molecule has 0 fully saturated rings. The van der Waals surface area contributed by atoms with Crippen molar-refractivity contribution in [1.29, 1.82) is 0 Å². The van der Waals surface area contributed by atoms with Crippen molar-refractivity contribution in [1.82, 2.24) is 10.6 Å². The number of rotatable bonds is 18. The summed E-state index contributed by atoms with van der Waals surface area (Å²) in [6, 6.07) is 0. The second-order valence-corrected chi connectivity index (χ2v) is 6.87. The zero-order valence-electron chi connectivity index (χ0n) is 16.5. The van der Waals surface area contributed by atoms with E-state index < -0.39 is 5.97 Å². The van der Waals surface area contributed by atoms with Crippen LogP contribution in [0.3, 0.4) is 0 Å². The fourth-order valence-corrected chi connectivity index (χ4v) is 2.89. The van der Waals surface area contributed by atoms with Crippen LogP contribution < -0.4 is 10.6 Å². The summed E-state index contributed by atoms with van der Waals surface area (Å²) in [4.78, 5) is 32.9. The van der Waals surface area contributed by atoms with Crippen molar-refractivity contribution in [2.45, 2.75) is 96.8 Å². The summed E-state index contributed by atoms with van der Waals surface area (Å²) in [5.74, 6) is -0.996. The molecule has 0 unspecified atom stereocenters. The summed E-state index contributed by atoms with van der Waals surface area (Å²) in [5, 5.41) is 13.7. The number of amides is 2. The molecule has 0 atom stereocenters. The molecule has 6 nitrogen and oxygen atoms in total. The van der Waals surface area contributed by atoms with E-state index in [-0.39, 0.29) is 18.4 Å². The molecule has 6 heteroatoms. The van der Waals surface area contributed by atoms with E-state index in [4.69, 9.17) is 5.11 Å². The molecule has 0 saturated carbocycles. The second kappa shape index (κ2) is 18.2. The quantitative estimate of drug-likeness (QED) is 0.320. The standard InChI is InChI=1S/C20H38N2O4/c1-2-21-18(23)15-13-11-9-7-5-3-4-6-8-10-12-14-16-19(24)22-17-20(25)26/h2-17H2,1H3,(H,21,23)(H,22,24)(H,25,26). The summed E-state index contributed by atoms with van der Waals surface area (Å²) in [7, 11) is 0. The molecule has 0 aliphatic rings. The van der Waals surface area contributed by atoms with Crippen molar-refractivity contribution < 1.29 is 19.5 Å². The van der Waals surface area contributed by atoms with Gasteiger partial charge in [0.2, 0.25) is 11.8 Å². The number of carbonyl (C=O) groups is 3. The molecule has 0 heterocycles. The summed E-state index contributed by atoms with van der Waals surface area (Å²) >= 11 is 0. The Balaban J connectivity index is 3.16. The van der Waals surface area contributed by atoms with Crippen LogP contribution in [0, 0.1) is 0 Å². The number of aliphatic carboxylic acids is 1. The molecule has 0 bridgehead atoms. The van der Waals surface area contributed by atoms with Gasteiger partial charge in [-0.15, -0.1) is 0 Å². The molecule has 152 valence electrons. The monoisotopic (exact) mass is 370 g/mol. The van der Waals surface area contributed by atoms with Gasteiger partial charge in [-0.25, -0.2) is 0 Å². The van der Waals surface area contributed by atoms with Crippen molar-refractivity contribution in [2.75, 3.05) is 13.1 Å². The van der Waals surface area contributed by atoms with Gasteiger partial charge >= 0.3 is 5.97 Å². The molecule has 0 aromatic heterocycles. The minimum Gasteiger partial charge on any atom is -0.480 e. The Labute approximate surface area is 158 Å². The molecule has 2 amide bonds. The van der Waals surface area contributed by atoms with Crippen LogP contribution in [0.15, 0.2) is 0 Å². The Kier molecular flexibility index (Phi) is 17.1. The third-order valence-electron chi connectivity index (χ3n) is 4.37. The van der Waals surface area contributed by atoms with E-state index in [0.29, 0.717) is 12.8 Å². The minimum atomic E-state index is -1.00. The molecule has 0 spiro atoms. The Bertz CT molecular complexity index is 386. The van der Waals surface area contributed by atoms with E-state index in [2.05, 4.69) is 10.6 Å². The predicted octanol–water partition coefficient (Wildman–Crippen LogP) is 3.78. The highest BCUT2D eigenvalue weighted by Crippen LogP contribution is 2.13. The first kappa shape index (κ1) is 24.4. The van der Waals surface area contributed by atoms with Crippen LogP contribution in [0.25, 0.3) is 0 Å². The molecule has 0 aromatic rings. The molecule has 3 N–H and O–H groups in total. The average Bonchev–Trinajstić information content (AvgIpc) is 2.60.